The molecule has 4 rings (SSSR count). The summed E-state index contributed by atoms with van der Waals surface area (Å²) < 4.78 is 70.4. The molecule has 0 bridgehead atoms. The van der Waals surface area contributed by atoms with Gasteiger partial charge >= 0.3 is 18.2 Å². The van der Waals surface area contributed by atoms with Crippen molar-refractivity contribution in [1.29, 1.82) is 0 Å². The average Bonchev–Trinajstić information content (AvgIpc) is 2.80. The number of nitrogens with one attached hydrogen (secondary N) is 1. The van der Waals surface area contributed by atoms with Gasteiger partial charge in [-0.1, -0.05) is 32.9 Å². The van der Waals surface area contributed by atoms with Gasteiger partial charge in [-0.2, -0.15) is 13.2 Å². The number of amides is 2. The van der Waals surface area contributed by atoms with Gasteiger partial charge in [0.05, 0.1) is 22.4 Å². The van der Waals surface area contributed by atoms with Crippen LogP contribution in [-0.2, 0) is 18.1 Å². The molecule has 1 heterocycles. The van der Waals surface area contributed by atoms with Crippen LogP contribution in [0.4, 0.5) is 32.4 Å². The zero-order valence-corrected chi connectivity index (χ0v) is 22.1. The van der Waals surface area contributed by atoms with Gasteiger partial charge in [0.1, 0.15) is 0 Å². The van der Waals surface area contributed by atoms with Gasteiger partial charge in [0.2, 0.25) is 5.92 Å². The fraction of sp³-hybridized carbons (Fsp3) is 0.448. The predicted molar refractivity (Wildman–Crippen MR) is 137 cm³/mol. The summed E-state index contributed by atoms with van der Waals surface area (Å²) in [6, 6.07) is 8.68. The number of halogens is 5. The molecule has 0 unspecified atom stereocenters. The summed E-state index contributed by atoms with van der Waals surface area (Å²) in [6.07, 6.45) is -3.50. The highest BCUT2D eigenvalue weighted by Gasteiger charge is 2.53. The lowest BCUT2D eigenvalue weighted by Gasteiger charge is -2.47. The Morgan fingerprint density at radius 1 is 1.08 bits per heavy atom. The van der Waals surface area contributed by atoms with E-state index in [0.29, 0.717) is 12.0 Å². The van der Waals surface area contributed by atoms with E-state index in [1.54, 1.807) is 0 Å². The number of carboxylic acids is 1. The maximum atomic E-state index is 14.2. The molecule has 2 aromatic rings. The molecule has 0 radical (unpaired) electrons. The van der Waals surface area contributed by atoms with E-state index in [9.17, 15) is 31.5 Å². The van der Waals surface area contributed by atoms with Crippen molar-refractivity contribution in [2.75, 3.05) is 4.90 Å². The summed E-state index contributed by atoms with van der Waals surface area (Å²) in [5.74, 6) is -4.74. The smallest absolute Gasteiger partial charge is 0.416 e. The van der Waals surface area contributed by atoms with Gasteiger partial charge in [0.25, 0.3) is 0 Å². The zero-order valence-electron chi connectivity index (χ0n) is 22.1. The largest absolute Gasteiger partial charge is 0.478 e. The van der Waals surface area contributed by atoms with Gasteiger partial charge in [-0.05, 0) is 78.1 Å². The number of nitrogens with zero attached hydrogens (tertiary/aromatic N) is 1. The van der Waals surface area contributed by atoms with Crippen LogP contribution in [0.1, 0.15) is 74.0 Å². The summed E-state index contributed by atoms with van der Waals surface area (Å²) in [5.41, 5.74) is -1.55. The minimum Gasteiger partial charge on any atom is -0.478 e. The van der Waals surface area contributed by atoms with Crippen LogP contribution in [0, 0.1) is 11.3 Å². The molecular formula is C29H31F5N2O3. The normalized spacial score (nSPS) is 21.7. The molecule has 1 fully saturated rings. The quantitative estimate of drug-likeness (QED) is 0.361. The number of hydrogen-bond acceptors (Lipinski definition) is 2. The molecule has 0 saturated heterocycles. The Labute approximate surface area is 223 Å². The van der Waals surface area contributed by atoms with Crippen LogP contribution in [0.3, 0.4) is 0 Å². The first-order valence-electron chi connectivity index (χ1n) is 12.6. The second-order valence-corrected chi connectivity index (χ2v) is 11.8. The first-order chi connectivity index (χ1) is 17.9. The van der Waals surface area contributed by atoms with Crippen molar-refractivity contribution < 1.29 is 36.6 Å². The number of aromatic carboxylic acids is 1. The zero-order chi connectivity index (χ0) is 29.0. The molecule has 2 amide bonds. The molecule has 210 valence electrons. The number of urea groups is 1. The van der Waals surface area contributed by atoms with E-state index in [4.69, 9.17) is 5.11 Å². The van der Waals surface area contributed by atoms with E-state index in [0.717, 1.165) is 6.07 Å². The highest BCUT2D eigenvalue weighted by atomic mass is 19.4. The fourth-order valence-electron chi connectivity index (χ4n) is 5.14. The van der Waals surface area contributed by atoms with Crippen LogP contribution >= 0.6 is 0 Å². The Balaban J connectivity index is 1.79. The molecule has 0 spiro atoms. The van der Waals surface area contributed by atoms with E-state index in [1.807, 2.05) is 20.8 Å². The Morgan fingerprint density at radius 3 is 2.21 bits per heavy atom. The molecule has 2 aromatic carbocycles. The summed E-state index contributed by atoms with van der Waals surface area (Å²) in [5, 5.41) is 11.9. The topological polar surface area (TPSA) is 69.6 Å². The Hall–Kier alpha value is -3.43. The maximum Gasteiger partial charge on any atom is 0.416 e. The van der Waals surface area contributed by atoms with Gasteiger partial charge in [-0.3, -0.25) is 4.90 Å². The number of aryl methyl sites for hydroxylation is 1. The summed E-state index contributed by atoms with van der Waals surface area (Å²) in [6.45, 7) is 7.36. The SMILES string of the molecule is CC(C)(C)CCc1ccc([C@]2(C)NC(=O)N(c3ccc(C(=O)O)cc3)C=C2C2CC(F)(F)C2)cc1C(F)(F)F. The minimum atomic E-state index is -4.65. The minimum absolute atomic E-state index is 0.00456. The van der Waals surface area contributed by atoms with Crippen molar-refractivity contribution in [1.82, 2.24) is 5.32 Å². The van der Waals surface area contributed by atoms with Gasteiger partial charge in [-0.25, -0.2) is 18.4 Å². The van der Waals surface area contributed by atoms with Gasteiger partial charge in [0.15, 0.2) is 0 Å². The van der Waals surface area contributed by atoms with Crippen LogP contribution in [0.5, 0.6) is 0 Å². The number of carbonyl (C=O) groups is 2. The molecule has 1 saturated carbocycles. The molecule has 2 N–H and O–H groups in total. The Kier molecular flexibility index (Phi) is 7.06. The highest BCUT2D eigenvalue weighted by molar-refractivity contribution is 5.97. The van der Waals surface area contributed by atoms with Gasteiger partial charge < -0.3 is 10.4 Å². The third kappa shape index (κ3) is 5.94. The monoisotopic (exact) mass is 550 g/mol. The summed E-state index contributed by atoms with van der Waals surface area (Å²) in [4.78, 5) is 25.6. The van der Waals surface area contributed by atoms with Crippen LogP contribution in [-0.4, -0.2) is 23.0 Å². The summed E-state index contributed by atoms with van der Waals surface area (Å²) in [7, 11) is 0. The fourth-order valence-corrected chi connectivity index (χ4v) is 5.14. The molecule has 2 aliphatic rings. The third-order valence-electron chi connectivity index (χ3n) is 7.48. The summed E-state index contributed by atoms with van der Waals surface area (Å²) >= 11 is 0. The van der Waals surface area contributed by atoms with Crippen LogP contribution in [0.25, 0.3) is 0 Å². The van der Waals surface area contributed by atoms with Crippen LogP contribution < -0.4 is 10.2 Å². The van der Waals surface area contributed by atoms with Crippen LogP contribution in [0.15, 0.2) is 54.2 Å². The second-order valence-electron chi connectivity index (χ2n) is 11.8. The molecule has 1 aliphatic carbocycles. The second kappa shape index (κ2) is 9.64. The van der Waals surface area contributed by atoms with Crippen molar-refractivity contribution in [3.63, 3.8) is 0 Å². The van der Waals surface area contributed by atoms with E-state index in [-0.39, 0.29) is 34.2 Å². The lowest BCUT2D eigenvalue weighted by molar-refractivity contribution is -0.138. The number of carboxylic acid groups (broad SMARTS) is 1. The third-order valence-corrected chi connectivity index (χ3v) is 7.48. The number of rotatable bonds is 6. The molecule has 1 atom stereocenters. The van der Waals surface area contributed by atoms with Gasteiger partial charge in [0, 0.05) is 19.0 Å². The van der Waals surface area contributed by atoms with Gasteiger partial charge in [-0.15, -0.1) is 0 Å². The maximum absolute atomic E-state index is 14.2. The number of carbonyl (C=O) groups excluding carboxylic acids is 1. The molecule has 5 nitrogen and oxygen atoms in total. The Morgan fingerprint density at radius 2 is 1.69 bits per heavy atom. The molecule has 1 aliphatic heterocycles. The average molecular weight is 551 g/mol. The molecule has 0 aromatic heterocycles. The number of hydrogen-bond donors (Lipinski definition) is 2. The van der Waals surface area contributed by atoms with E-state index >= 15 is 0 Å². The number of anilines is 1. The Bertz CT molecular complexity index is 1300. The number of alkyl halides is 5. The van der Waals surface area contributed by atoms with Crippen molar-refractivity contribution >= 4 is 17.7 Å². The first-order valence-corrected chi connectivity index (χ1v) is 12.6. The van der Waals surface area contributed by atoms with E-state index in [1.165, 1.54) is 54.4 Å². The molecule has 10 heteroatoms. The van der Waals surface area contributed by atoms with Crippen molar-refractivity contribution in [3.8, 4) is 0 Å². The lowest BCUT2D eigenvalue weighted by Crippen LogP contribution is -2.57. The van der Waals surface area contributed by atoms with Crippen molar-refractivity contribution in [2.24, 2.45) is 11.3 Å². The number of benzene rings is 2. The lowest BCUT2D eigenvalue weighted by atomic mass is 9.67. The van der Waals surface area contributed by atoms with E-state index in [2.05, 4.69) is 5.32 Å². The highest BCUT2D eigenvalue weighted by Crippen LogP contribution is 2.52. The van der Waals surface area contributed by atoms with Crippen LogP contribution in [0.2, 0.25) is 0 Å². The molecular weight excluding hydrogens is 519 g/mol. The first kappa shape index (κ1) is 28.6. The van der Waals surface area contributed by atoms with Crippen molar-refractivity contribution in [2.45, 2.75) is 71.0 Å². The standard InChI is InChI=1S/C29H31F5N2O3/c1-26(2,3)12-11-17-5-8-20(13-22(17)29(32,33)34)27(4)23(19-14-28(30,31)15-19)16-36(25(39)35-27)21-9-6-18(7-10-21)24(37)38/h5-10,13,16,19H,11-12,14-15H2,1-4H3,(H,35,39)(H,37,38)/t27-/m0/s1. The van der Waals surface area contributed by atoms with Crippen molar-refractivity contribution in [3.05, 3.63) is 76.5 Å². The predicted octanol–water partition coefficient (Wildman–Crippen LogP) is 7.76. The molecule has 39 heavy (non-hydrogen) atoms. The van der Waals surface area contributed by atoms with E-state index < -0.39 is 54.0 Å².